The van der Waals surface area contributed by atoms with Crippen LogP contribution in [0.15, 0.2) is 48.1 Å². The fourth-order valence-corrected chi connectivity index (χ4v) is 1.95. The second-order valence-electron chi connectivity index (χ2n) is 6.57. The molecule has 0 fully saturated rings. The van der Waals surface area contributed by atoms with Crippen LogP contribution in [-0.2, 0) is 4.79 Å². The molecule has 0 spiro atoms. The quantitative estimate of drug-likeness (QED) is 0.837. The molecule has 0 saturated carbocycles. The number of benzene rings is 1. The number of hydrogen-bond acceptors (Lipinski definition) is 3. The maximum atomic E-state index is 11.5. The summed E-state index contributed by atoms with van der Waals surface area (Å²) < 4.78 is 0. The van der Waals surface area contributed by atoms with E-state index in [2.05, 4.69) is 6.07 Å². The van der Waals surface area contributed by atoms with Gasteiger partial charge in [0.25, 0.3) is 0 Å². The molecular weight excluding hydrogens is 276 g/mol. The van der Waals surface area contributed by atoms with E-state index in [0.29, 0.717) is 0 Å². The Hall–Kier alpha value is -1.97. The number of carbonyl (C=O) groups is 1. The minimum absolute atomic E-state index is 0.110. The Morgan fingerprint density at radius 2 is 1.50 bits per heavy atom. The molecule has 3 heteroatoms. The van der Waals surface area contributed by atoms with Gasteiger partial charge in [-0.25, -0.2) is 0 Å². The molecule has 0 bridgehead atoms. The molecule has 1 aromatic carbocycles. The molecule has 0 unspecified atom stereocenters. The fourth-order valence-electron chi connectivity index (χ4n) is 1.95. The molecule has 22 heavy (non-hydrogen) atoms. The van der Waals surface area contributed by atoms with Crippen molar-refractivity contribution in [3.05, 3.63) is 59.2 Å². The maximum Gasteiger partial charge on any atom is 0.186 e. The van der Waals surface area contributed by atoms with Crippen LogP contribution in [0, 0.1) is 0 Å². The van der Waals surface area contributed by atoms with Crippen molar-refractivity contribution in [2.24, 2.45) is 0 Å². The van der Waals surface area contributed by atoms with E-state index < -0.39 is 11.2 Å². The zero-order valence-corrected chi connectivity index (χ0v) is 13.4. The van der Waals surface area contributed by atoms with Crippen molar-refractivity contribution in [1.82, 2.24) is 0 Å². The molecule has 2 aliphatic carbocycles. The van der Waals surface area contributed by atoms with E-state index in [1.165, 1.54) is 5.56 Å². The topological polar surface area (TPSA) is 57.5 Å². The Balaban J connectivity index is 0.000000192. The summed E-state index contributed by atoms with van der Waals surface area (Å²) >= 11 is 0. The molecule has 0 atom stereocenters. The molecule has 1 aromatic rings. The second kappa shape index (κ2) is 5.67. The summed E-state index contributed by atoms with van der Waals surface area (Å²) in [4.78, 5) is 11.5. The average Bonchev–Trinajstić information content (AvgIpc) is 2.78. The van der Waals surface area contributed by atoms with Crippen LogP contribution in [0.2, 0.25) is 0 Å². The summed E-state index contributed by atoms with van der Waals surface area (Å²) in [5.74, 6) is 0.110. The smallest absolute Gasteiger partial charge is 0.186 e. The molecule has 0 saturated heterocycles. The van der Waals surface area contributed by atoms with Gasteiger partial charge < -0.3 is 10.2 Å². The van der Waals surface area contributed by atoms with Gasteiger partial charge in [0, 0.05) is 5.57 Å². The lowest BCUT2D eigenvalue weighted by Gasteiger charge is -2.31. The van der Waals surface area contributed by atoms with Crippen LogP contribution >= 0.6 is 0 Å². The van der Waals surface area contributed by atoms with Crippen LogP contribution < -0.4 is 0 Å². The molecule has 0 amide bonds. The molecule has 0 aliphatic heterocycles. The highest BCUT2D eigenvalue weighted by Crippen LogP contribution is 2.37. The van der Waals surface area contributed by atoms with E-state index in [1.807, 2.05) is 36.4 Å². The van der Waals surface area contributed by atoms with Crippen molar-refractivity contribution < 1.29 is 15.0 Å². The molecule has 116 valence electrons. The SMILES string of the molecule is CC(C)(O)C(C)(C)O.O=C1C=CC=C2C1=Cc1ccccc12. The first-order valence-electron chi connectivity index (χ1n) is 7.30. The zero-order valence-electron chi connectivity index (χ0n) is 13.4. The van der Waals surface area contributed by atoms with Crippen LogP contribution in [0.5, 0.6) is 0 Å². The first-order chi connectivity index (χ1) is 10.1. The Labute approximate surface area is 131 Å². The number of carbonyl (C=O) groups excluding carboxylic acids is 1. The highest BCUT2D eigenvalue weighted by Gasteiger charge is 2.32. The molecule has 3 nitrogen and oxygen atoms in total. The molecule has 2 N–H and O–H groups in total. The van der Waals surface area contributed by atoms with Crippen molar-refractivity contribution in [2.75, 3.05) is 0 Å². The number of fused-ring (bicyclic) bond motifs is 3. The Morgan fingerprint density at radius 3 is 2.09 bits per heavy atom. The van der Waals surface area contributed by atoms with Crippen molar-refractivity contribution in [3.63, 3.8) is 0 Å². The summed E-state index contributed by atoms with van der Waals surface area (Å²) in [7, 11) is 0. The van der Waals surface area contributed by atoms with Crippen molar-refractivity contribution >= 4 is 17.4 Å². The lowest BCUT2D eigenvalue weighted by molar-refractivity contribution is -0.110. The molecule has 0 aromatic heterocycles. The summed E-state index contributed by atoms with van der Waals surface area (Å²) in [6, 6.07) is 8.08. The van der Waals surface area contributed by atoms with Gasteiger partial charge in [0.1, 0.15) is 0 Å². The number of hydrogen-bond donors (Lipinski definition) is 2. The van der Waals surface area contributed by atoms with Crippen LogP contribution in [-0.4, -0.2) is 27.2 Å². The van der Waals surface area contributed by atoms with Crippen molar-refractivity contribution in [2.45, 2.75) is 38.9 Å². The third-order valence-electron chi connectivity index (χ3n) is 4.11. The van der Waals surface area contributed by atoms with Gasteiger partial charge in [-0.3, -0.25) is 4.79 Å². The third-order valence-corrected chi connectivity index (χ3v) is 4.11. The lowest BCUT2D eigenvalue weighted by atomic mass is 9.90. The second-order valence-corrected chi connectivity index (χ2v) is 6.57. The van der Waals surface area contributed by atoms with Crippen LogP contribution in [0.25, 0.3) is 11.6 Å². The first kappa shape index (κ1) is 16.4. The van der Waals surface area contributed by atoms with Gasteiger partial charge in [-0.2, -0.15) is 0 Å². The van der Waals surface area contributed by atoms with Crippen LogP contribution in [0.1, 0.15) is 38.8 Å². The highest BCUT2D eigenvalue weighted by molar-refractivity contribution is 6.23. The fraction of sp³-hybridized carbons (Fsp3) is 0.316. The minimum atomic E-state index is -1.01. The van der Waals surface area contributed by atoms with Gasteiger partial charge in [0.05, 0.1) is 11.2 Å². The summed E-state index contributed by atoms with van der Waals surface area (Å²) in [5.41, 5.74) is 2.19. The number of allylic oxidation sites excluding steroid dienone is 5. The van der Waals surface area contributed by atoms with E-state index in [4.69, 9.17) is 10.2 Å². The summed E-state index contributed by atoms with van der Waals surface area (Å²) in [6.45, 7) is 6.31. The van der Waals surface area contributed by atoms with Gasteiger partial charge in [0.15, 0.2) is 5.78 Å². The Kier molecular flexibility index (Phi) is 4.23. The van der Waals surface area contributed by atoms with Crippen LogP contribution in [0.4, 0.5) is 0 Å². The first-order valence-corrected chi connectivity index (χ1v) is 7.30. The van der Waals surface area contributed by atoms with Crippen LogP contribution in [0.3, 0.4) is 0 Å². The largest absolute Gasteiger partial charge is 0.387 e. The summed E-state index contributed by atoms with van der Waals surface area (Å²) in [6.07, 6.45) is 7.39. The normalized spacial score (nSPS) is 16.2. The van der Waals surface area contributed by atoms with Gasteiger partial charge in [-0.15, -0.1) is 0 Å². The predicted octanol–water partition coefficient (Wildman–Crippen LogP) is 3.13. The maximum absolute atomic E-state index is 11.5. The van der Waals surface area contributed by atoms with E-state index in [0.717, 1.165) is 16.7 Å². The molecule has 2 aliphatic rings. The highest BCUT2D eigenvalue weighted by atomic mass is 16.3. The molecular formula is C19H22O3. The number of ketones is 1. The van der Waals surface area contributed by atoms with Gasteiger partial charge in [-0.1, -0.05) is 36.4 Å². The average molecular weight is 298 g/mol. The molecule has 0 heterocycles. The van der Waals surface area contributed by atoms with Crippen molar-refractivity contribution in [1.29, 1.82) is 0 Å². The van der Waals surface area contributed by atoms with E-state index >= 15 is 0 Å². The minimum Gasteiger partial charge on any atom is -0.387 e. The number of rotatable bonds is 1. The standard InChI is InChI=1S/C13H8O.C6H14O2/c14-13-7-3-6-11-10-5-2-1-4-9(10)8-12(11)13;1-5(2,7)6(3,4)8/h1-8H;7-8H,1-4H3. The molecule has 3 rings (SSSR count). The van der Waals surface area contributed by atoms with E-state index in [-0.39, 0.29) is 5.78 Å². The Morgan fingerprint density at radius 1 is 0.909 bits per heavy atom. The number of aliphatic hydroxyl groups is 2. The van der Waals surface area contributed by atoms with Crippen molar-refractivity contribution in [3.8, 4) is 0 Å². The summed E-state index contributed by atoms with van der Waals surface area (Å²) in [5, 5.41) is 18.2. The van der Waals surface area contributed by atoms with Gasteiger partial charge in [-0.05, 0) is 56.5 Å². The van der Waals surface area contributed by atoms with Gasteiger partial charge >= 0.3 is 0 Å². The monoisotopic (exact) mass is 298 g/mol. The third kappa shape index (κ3) is 3.26. The zero-order chi connectivity index (χ0) is 16.5. The van der Waals surface area contributed by atoms with Gasteiger partial charge in [0.2, 0.25) is 0 Å². The van der Waals surface area contributed by atoms with E-state index in [9.17, 15) is 4.79 Å². The molecule has 0 radical (unpaired) electrons. The van der Waals surface area contributed by atoms with E-state index in [1.54, 1.807) is 33.8 Å². The Bertz CT molecular complexity index is 665. The predicted molar refractivity (Wildman–Crippen MR) is 89.1 cm³/mol. The lowest BCUT2D eigenvalue weighted by Crippen LogP contribution is -2.44.